The van der Waals surface area contributed by atoms with Crippen molar-refractivity contribution in [3.8, 4) is 23.7 Å². The van der Waals surface area contributed by atoms with Crippen molar-refractivity contribution < 1.29 is 49.8 Å². The number of nitriles is 1. The fraction of sp³-hybridized carbons (Fsp3) is 0.406. The molecular weight excluding hydrogens is 707 g/mol. The van der Waals surface area contributed by atoms with E-state index in [9.17, 15) is 35.6 Å². The summed E-state index contributed by atoms with van der Waals surface area (Å²) in [5, 5.41) is 15.6. The largest absolute Gasteiger partial charge is 0.508 e. The molecule has 0 radical (unpaired) electrons. The third-order valence-corrected chi connectivity index (χ3v) is 10.4. The van der Waals surface area contributed by atoms with Gasteiger partial charge in [0.25, 0.3) is 10.0 Å². The standard InChI is InChI=1S/C32H31F4N5O7S2/c1-19(42)40-50(44,45)29-15-27(46-13-9-37)26(14-24(29)33)38-10-3-6-28-23(16-32(34,35)36)22-4-2-5-25(30(22)49-28)39-20-7-11-41(12-8-20)17-21-18-47-31(43)48-21/h2,4-5,14-15,20-21,38-39H,7-8,10-13,16-18H2,1H3,(H,40,42). The number of sulfonamides is 1. The summed E-state index contributed by atoms with van der Waals surface area (Å²) < 4.78 is 98.3. The number of nitrogens with zero attached hydrogens (tertiary/aromatic N) is 2. The number of ether oxygens (including phenoxy) is 3. The highest BCUT2D eigenvalue weighted by molar-refractivity contribution is 7.90. The predicted molar refractivity (Wildman–Crippen MR) is 175 cm³/mol. The van der Waals surface area contributed by atoms with Crippen LogP contribution in [0.4, 0.5) is 33.7 Å². The number of hydrogen-bond acceptors (Lipinski definition) is 12. The van der Waals surface area contributed by atoms with Crippen LogP contribution in [0.1, 0.15) is 30.2 Å². The van der Waals surface area contributed by atoms with Crippen LogP contribution in [0.5, 0.6) is 5.75 Å². The lowest BCUT2D eigenvalue weighted by molar-refractivity contribution is -0.127. The fourth-order valence-corrected chi connectivity index (χ4v) is 7.84. The second-order valence-electron chi connectivity index (χ2n) is 11.4. The number of cyclic esters (lactones) is 2. The number of rotatable bonds is 11. The van der Waals surface area contributed by atoms with Crippen molar-refractivity contribution in [2.45, 2.75) is 49.4 Å². The maximum Gasteiger partial charge on any atom is 0.508 e. The van der Waals surface area contributed by atoms with Gasteiger partial charge in [-0.15, -0.1) is 11.3 Å². The SMILES string of the molecule is CC(=O)NS(=O)(=O)c1cc(OCC#N)c(NCC#Cc2sc3c(NC4CCN(CC5COC(=O)O5)CC4)cccc3c2CC(F)(F)F)cc1F. The molecule has 3 aromatic rings. The maximum absolute atomic E-state index is 14.9. The van der Waals surface area contributed by atoms with Gasteiger partial charge in [0.1, 0.15) is 29.1 Å². The van der Waals surface area contributed by atoms with E-state index in [1.807, 2.05) is 6.07 Å². The average molecular weight is 738 g/mol. The van der Waals surface area contributed by atoms with Gasteiger partial charge < -0.3 is 24.8 Å². The van der Waals surface area contributed by atoms with Crippen LogP contribution < -0.4 is 20.1 Å². The first-order valence-corrected chi connectivity index (χ1v) is 17.5. The van der Waals surface area contributed by atoms with Crippen molar-refractivity contribution in [1.29, 1.82) is 5.26 Å². The molecule has 0 bridgehead atoms. The Hall–Kier alpha value is -4.78. The summed E-state index contributed by atoms with van der Waals surface area (Å²) in [7, 11) is -4.58. The molecular formula is C32H31F4N5O7S2. The van der Waals surface area contributed by atoms with Crippen LogP contribution >= 0.6 is 11.3 Å². The van der Waals surface area contributed by atoms with E-state index in [4.69, 9.17) is 19.5 Å². The predicted octanol–water partition coefficient (Wildman–Crippen LogP) is 4.75. The summed E-state index contributed by atoms with van der Waals surface area (Å²) in [6, 6.07) is 8.48. The molecule has 0 aliphatic carbocycles. The third kappa shape index (κ3) is 9.26. The molecule has 18 heteroatoms. The van der Waals surface area contributed by atoms with Gasteiger partial charge in [-0.2, -0.15) is 18.4 Å². The van der Waals surface area contributed by atoms with Gasteiger partial charge in [-0.25, -0.2) is 22.3 Å². The second kappa shape index (κ2) is 15.4. The quantitative estimate of drug-likeness (QED) is 0.142. The van der Waals surface area contributed by atoms with Gasteiger partial charge in [-0.1, -0.05) is 24.0 Å². The molecule has 2 aliphatic rings. The minimum Gasteiger partial charge on any atom is -0.477 e. The van der Waals surface area contributed by atoms with Crippen LogP contribution in [0.2, 0.25) is 0 Å². The van der Waals surface area contributed by atoms with E-state index in [0.717, 1.165) is 56.3 Å². The van der Waals surface area contributed by atoms with Crippen molar-refractivity contribution in [3.05, 3.63) is 46.6 Å². The number of carbonyl (C=O) groups is 2. The van der Waals surface area contributed by atoms with E-state index < -0.39 is 52.0 Å². The zero-order valence-electron chi connectivity index (χ0n) is 26.5. The summed E-state index contributed by atoms with van der Waals surface area (Å²) in [6.07, 6.45) is -5.17. The van der Waals surface area contributed by atoms with Gasteiger partial charge in [0.15, 0.2) is 12.7 Å². The molecule has 0 saturated carbocycles. The van der Waals surface area contributed by atoms with E-state index in [0.29, 0.717) is 22.3 Å². The lowest BCUT2D eigenvalue weighted by atomic mass is 10.0. The van der Waals surface area contributed by atoms with Gasteiger partial charge >= 0.3 is 12.3 Å². The van der Waals surface area contributed by atoms with E-state index in [1.54, 1.807) is 22.9 Å². The molecule has 2 saturated heterocycles. The molecule has 2 aliphatic heterocycles. The van der Waals surface area contributed by atoms with Gasteiger partial charge in [0, 0.05) is 44.7 Å². The molecule has 1 atom stereocenters. The van der Waals surface area contributed by atoms with Gasteiger partial charge in [-0.3, -0.25) is 9.69 Å². The van der Waals surface area contributed by atoms with Crippen molar-refractivity contribution >= 4 is 54.9 Å². The molecule has 1 amide bonds. The fourth-order valence-electron chi connectivity index (χ4n) is 5.60. The summed E-state index contributed by atoms with van der Waals surface area (Å²) in [5.74, 6) is 3.15. The molecule has 5 rings (SSSR count). The molecule has 1 aromatic heterocycles. The Labute approximate surface area is 288 Å². The first kappa shape index (κ1) is 36.5. The minimum absolute atomic E-state index is 0.0217. The lowest BCUT2D eigenvalue weighted by Crippen LogP contribution is -2.43. The zero-order chi connectivity index (χ0) is 36.1. The number of carbonyl (C=O) groups excluding carboxylic acids is 2. The average Bonchev–Trinajstić information content (AvgIpc) is 3.60. The third-order valence-electron chi connectivity index (χ3n) is 7.72. The normalized spacial score (nSPS) is 16.9. The van der Waals surface area contributed by atoms with Gasteiger partial charge in [-0.05, 0) is 29.9 Å². The first-order chi connectivity index (χ1) is 23.7. The number of likely N-dealkylation sites (tertiary alicyclic amines) is 1. The number of nitrogens with one attached hydrogen (secondary N) is 3. The van der Waals surface area contributed by atoms with Crippen molar-refractivity contribution in [2.75, 3.05) is 50.0 Å². The van der Waals surface area contributed by atoms with Crippen molar-refractivity contribution in [1.82, 2.24) is 9.62 Å². The number of thiophene rings is 1. The zero-order valence-corrected chi connectivity index (χ0v) is 28.1. The number of fused-ring (bicyclic) bond motifs is 1. The van der Waals surface area contributed by atoms with Crippen LogP contribution in [0.25, 0.3) is 10.1 Å². The highest BCUT2D eigenvalue weighted by Gasteiger charge is 2.32. The smallest absolute Gasteiger partial charge is 0.477 e. The van der Waals surface area contributed by atoms with Gasteiger partial charge in [0.2, 0.25) is 5.91 Å². The molecule has 2 aromatic carbocycles. The molecule has 3 N–H and O–H groups in total. The molecule has 0 spiro atoms. The monoisotopic (exact) mass is 737 g/mol. The Balaban J connectivity index is 1.33. The Morgan fingerprint density at radius 3 is 2.62 bits per heavy atom. The number of piperidine rings is 1. The molecule has 50 heavy (non-hydrogen) atoms. The number of halogens is 4. The van der Waals surface area contributed by atoms with E-state index in [-0.39, 0.29) is 47.2 Å². The number of amides is 1. The summed E-state index contributed by atoms with van der Waals surface area (Å²) in [5.41, 5.74) is 0.631. The maximum atomic E-state index is 14.9. The highest BCUT2D eigenvalue weighted by Crippen LogP contribution is 2.39. The van der Waals surface area contributed by atoms with E-state index in [1.165, 1.54) is 0 Å². The number of hydrogen-bond donors (Lipinski definition) is 3. The number of benzene rings is 2. The van der Waals surface area contributed by atoms with Gasteiger partial charge in [0.05, 0.1) is 33.9 Å². The lowest BCUT2D eigenvalue weighted by Gasteiger charge is -2.33. The molecule has 2 fully saturated rings. The Kier molecular flexibility index (Phi) is 11.2. The molecule has 266 valence electrons. The topological polar surface area (TPSA) is 159 Å². The molecule has 12 nitrogen and oxygen atoms in total. The first-order valence-electron chi connectivity index (χ1n) is 15.2. The van der Waals surface area contributed by atoms with Crippen LogP contribution in [0.3, 0.4) is 0 Å². The summed E-state index contributed by atoms with van der Waals surface area (Å²) in [4.78, 5) is 24.0. The van der Waals surface area contributed by atoms with E-state index >= 15 is 0 Å². The van der Waals surface area contributed by atoms with E-state index in [2.05, 4.69) is 27.4 Å². The molecule has 3 heterocycles. The van der Waals surface area contributed by atoms with Crippen LogP contribution in [-0.4, -0.2) is 83.1 Å². The minimum atomic E-state index is -4.58. The highest BCUT2D eigenvalue weighted by atomic mass is 32.2. The number of alkyl halides is 3. The Morgan fingerprint density at radius 1 is 1.20 bits per heavy atom. The Bertz CT molecular complexity index is 1980. The number of anilines is 2. The van der Waals surface area contributed by atoms with Crippen LogP contribution in [0, 0.1) is 29.0 Å². The summed E-state index contributed by atoms with van der Waals surface area (Å²) >= 11 is 1.12. The summed E-state index contributed by atoms with van der Waals surface area (Å²) in [6.45, 7) is 2.45. The second-order valence-corrected chi connectivity index (χ2v) is 14.1. The Morgan fingerprint density at radius 2 is 1.96 bits per heavy atom. The van der Waals surface area contributed by atoms with Crippen molar-refractivity contribution in [2.24, 2.45) is 0 Å². The van der Waals surface area contributed by atoms with Crippen molar-refractivity contribution in [3.63, 3.8) is 0 Å². The molecule has 1 unspecified atom stereocenters. The van der Waals surface area contributed by atoms with Crippen LogP contribution in [-0.2, 0) is 30.7 Å². The van der Waals surface area contributed by atoms with Crippen LogP contribution in [0.15, 0.2) is 35.2 Å².